The third kappa shape index (κ3) is 12.0. The maximum absolute atomic E-state index is 10.9. The number of carbonyl (C=O) groups excluding carboxylic acids is 4. The van der Waals surface area contributed by atoms with Crippen molar-refractivity contribution in [2.24, 2.45) is 11.5 Å². The van der Waals surface area contributed by atoms with Gasteiger partial charge in [0.15, 0.2) is 0 Å². The number of unbranched alkanes of at least 4 members (excludes halogenated alkanes) is 1. The zero-order valence-electron chi connectivity index (χ0n) is 21.2. The van der Waals surface area contributed by atoms with Crippen LogP contribution in [0.25, 0.3) is 0 Å². The average Bonchev–Trinajstić information content (AvgIpc) is 3.16. The molecule has 2 aliphatic heterocycles. The normalized spacial score (nSPS) is 20.0. The fraction of sp³-hybridized carbons (Fsp3) is 0.480. The Labute approximate surface area is 220 Å². The molecular weight excluding hydrogens is 502 g/mol. The van der Waals surface area contributed by atoms with E-state index in [1.54, 1.807) is 0 Å². The molecule has 210 valence electrons. The number of aldehydes is 1. The molecule has 38 heavy (non-hydrogen) atoms. The van der Waals surface area contributed by atoms with Gasteiger partial charge in [0.05, 0.1) is 18.8 Å². The van der Waals surface area contributed by atoms with Crippen LogP contribution in [0, 0.1) is 0 Å². The van der Waals surface area contributed by atoms with Crippen LogP contribution >= 0.6 is 0 Å². The lowest BCUT2D eigenvalue weighted by atomic mass is 10.0. The van der Waals surface area contributed by atoms with Gasteiger partial charge < -0.3 is 40.7 Å². The molecule has 3 atom stereocenters. The number of rotatable bonds is 10. The highest BCUT2D eigenvalue weighted by Crippen LogP contribution is 2.28. The quantitative estimate of drug-likeness (QED) is 0.185. The lowest BCUT2D eigenvalue weighted by molar-refractivity contribution is -0.170. The number of nitrogens with two attached hydrogens (primary N) is 2. The second kappa shape index (κ2) is 17.6. The lowest BCUT2D eigenvalue weighted by Gasteiger charge is -2.31. The van der Waals surface area contributed by atoms with E-state index in [1.165, 1.54) is 0 Å². The highest BCUT2D eigenvalue weighted by Gasteiger charge is 2.28. The number of aryl methyl sites for hydroxylation is 1. The van der Waals surface area contributed by atoms with Gasteiger partial charge >= 0.3 is 6.09 Å². The summed E-state index contributed by atoms with van der Waals surface area (Å²) in [4.78, 5) is 51.3. The van der Waals surface area contributed by atoms with Crippen molar-refractivity contribution in [2.75, 3.05) is 13.1 Å². The minimum Gasteiger partial charge on any atom is -0.483 e. The summed E-state index contributed by atoms with van der Waals surface area (Å²) in [5.41, 5.74) is 12.4. The predicted molar refractivity (Wildman–Crippen MR) is 134 cm³/mol. The first kappa shape index (κ1) is 32.2. The Morgan fingerprint density at radius 2 is 1.84 bits per heavy atom. The van der Waals surface area contributed by atoms with E-state index < -0.39 is 30.3 Å². The molecule has 3 amide bonds. The molecular formula is C25H35N3O10. The minimum absolute atomic E-state index is 0.0264. The van der Waals surface area contributed by atoms with Gasteiger partial charge in [0.2, 0.25) is 6.29 Å². The Balaban J connectivity index is 0.000000459. The molecule has 0 bridgehead atoms. The Bertz CT molecular complexity index is 941. The van der Waals surface area contributed by atoms with Crippen molar-refractivity contribution >= 4 is 30.7 Å². The van der Waals surface area contributed by atoms with Gasteiger partial charge in [-0.15, -0.1) is 0 Å². The molecule has 0 saturated carbocycles. The van der Waals surface area contributed by atoms with Crippen LogP contribution < -0.4 is 16.2 Å². The Kier molecular flexibility index (Phi) is 14.9. The number of hydrogen-bond donors (Lipinski definition) is 4. The summed E-state index contributed by atoms with van der Waals surface area (Å²) in [6.45, 7) is 2.20. The van der Waals surface area contributed by atoms with Crippen LogP contribution in [0.4, 0.5) is 4.79 Å². The van der Waals surface area contributed by atoms with Gasteiger partial charge in [0, 0.05) is 24.1 Å². The Morgan fingerprint density at radius 3 is 2.39 bits per heavy atom. The molecule has 1 aromatic rings. The third-order valence-corrected chi connectivity index (χ3v) is 5.29. The molecule has 1 saturated heterocycles. The maximum Gasteiger partial charge on any atom is 0.404 e. The van der Waals surface area contributed by atoms with Crippen molar-refractivity contribution < 1.29 is 48.4 Å². The van der Waals surface area contributed by atoms with Crippen molar-refractivity contribution in [1.29, 1.82) is 0 Å². The van der Waals surface area contributed by atoms with Crippen LogP contribution in [0.15, 0.2) is 30.4 Å². The van der Waals surface area contributed by atoms with Crippen molar-refractivity contribution in [3.8, 4) is 5.75 Å². The Morgan fingerprint density at radius 1 is 1.18 bits per heavy atom. The molecule has 6 N–H and O–H groups in total. The minimum atomic E-state index is -0.837. The van der Waals surface area contributed by atoms with E-state index >= 15 is 0 Å². The largest absolute Gasteiger partial charge is 0.483 e. The fourth-order valence-electron chi connectivity index (χ4n) is 3.58. The van der Waals surface area contributed by atoms with Crippen molar-refractivity contribution in [1.82, 2.24) is 4.90 Å². The number of nitrogens with zero attached hydrogens (tertiary/aromatic N) is 1. The van der Waals surface area contributed by atoms with E-state index in [0.717, 1.165) is 41.9 Å². The molecule has 0 aromatic heterocycles. The van der Waals surface area contributed by atoms with Gasteiger partial charge in [-0.3, -0.25) is 19.3 Å². The van der Waals surface area contributed by atoms with Gasteiger partial charge in [0.25, 0.3) is 18.3 Å². The predicted octanol–water partition coefficient (Wildman–Crippen LogP) is 0.639. The molecule has 1 aromatic carbocycles. The molecule has 3 rings (SSSR count). The first-order valence-corrected chi connectivity index (χ1v) is 11.9. The summed E-state index contributed by atoms with van der Waals surface area (Å²) in [6.07, 6.45) is 4.73. The number of primary amides is 1. The van der Waals surface area contributed by atoms with E-state index in [-0.39, 0.29) is 25.7 Å². The molecule has 2 aliphatic rings. The second-order valence-corrected chi connectivity index (χ2v) is 8.31. The van der Waals surface area contributed by atoms with Crippen molar-refractivity contribution in [2.45, 2.75) is 64.1 Å². The number of aliphatic hydroxyl groups is 1. The van der Waals surface area contributed by atoms with Gasteiger partial charge in [-0.05, 0) is 50.8 Å². The number of hydrogen-bond acceptors (Lipinski definition) is 10. The molecule has 0 aliphatic carbocycles. The average molecular weight is 538 g/mol. The van der Waals surface area contributed by atoms with Gasteiger partial charge in [-0.25, -0.2) is 4.79 Å². The van der Waals surface area contributed by atoms with Crippen LogP contribution in [0.1, 0.15) is 43.7 Å². The number of amides is 3. The fourth-order valence-corrected chi connectivity index (χ4v) is 3.58. The second-order valence-electron chi connectivity index (χ2n) is 8.31. The summed E-state index contributed by atoms with van der Waals surface area (Å²) in [5, 5.41) is 16.8. The molecule has 1 fully saturated rings. The van der Waals surface area contributed by atoms with Crippen LogP contribution in [0.2, 0.25) is 0 Å². The van der Waals surface area contributed by atoms with Gasteiger partial charge in [-0.2, -0.15) is 0 Å². The first-order chi connectivity index (χ1) is 18.1. The van der Waals surface area contributed by atoms with Gasteiger partial charge in [0.1, 0.15) is 18.6 Å². The summed E-state index contributed by atoms with van der Waals surface area (Å²) >= 11 is 0. The number of carbonyl (C=O) groups is 5. The maximum atomic E-state index is 10.9. The molecule has 2 heterocycles. The molecule has 0 radical (unpaired) electrons. The third-order valence-electron chi connectivity index (χ3n) is 5.29. The lowest BCUT2D eigenvalue weighted by Crippen LogP contribution is -2.37. The molecule has 13 heteroatoms. The van der Waals surface area contributed by atoms with E-state index in [9.17, 15) is 24.3 Å². The zero-order chi connectivity index (χ0) is 28.5. The van der Waals surface area contributed by atoms with Gasteiger partial charge in [-0.1, -0.05) is 12.1 Å². The summed E-state index contributed by atoms with van der Waals surface area (Å²) < 4.78 is 16.6. The smallest absolute Gasteiger partial charge is 0.404 e. The van der Waals surface area contributed by atoms with E-state index in [1.807, 2.05) is 25.1 Å². The number of aliphatic hydroxyl groups excluding tert-OH is 1. The first-order valence-electron chi connectivity index (χ1n) is 11.9. The monoisotopic (exact) mass is 537 g/mol. The Hall–Kier alpha value is -3.81. The topological polar surface area (TPSA) is 209 Å². The van der Waals surface area contributed by atoms with Crippen molar-refractivity contribution in [3.05, 3.63) is 41.5 Å². The van der Waals surface area contributed by atoms with Crippen LogP contribution in [-0.4, -0.2) is 77.4 Å². The SMILES string of the molecule is CC1CC(O)CC(Oc2cc(CCCCN)ccc2COC(N)=O)O1.O=CCN1C(=O)C=CC1=O.O=CO. The highest BCUT2D eigenvalue weighted by molar-refractivity contribution is 6.13. The number of carboxylic acid groups (broad SMARTS) is 1. The number of benzene rings is 1. The van der Waals surface area contributed by atoms with Crippen LogP contribution in [0.3, 0.4) is 0 Å². The zero-order valence-corrected chi connectivity index (χ0v) is 21.2. The van der Waals surface area contributed by atoms with E-state index in [4.69, 9.17) is 35.6 Å². The van der Waals surface area contributed by atoms with Crippen LogP contribution in [0.5, 0.6) is 5.75 Å². The number of imide groups is 1. The number of ether oxygens (including phenoxy) is 3. The van der Waals surface area contributed by atoms with E-state index in [0.29, 0.717) is 37.0 Å². The molecule has 3 unspecified atom stereocenters. The standard InChI is InChI=1S/C18H28N2O5.C6H5NO3.CH2O2/c1-12-8-15(21)10-17(24-12)25-16-9-13(4-2-3-7-19)5-6-14(16)11-23-18(20)22;8-4-3-7-5(9)1-2-6(7)10;2-1-3/h5-6,9,12,15,17,21H,2-4,7-8,10-11,19H2,1H3,(H2,20,22);1-2,4H,3H2;1H,(H,2,3). The van der Waals surface area contributed by atoms with Crippen molar-refractivity contribution in [3.63, 3.8) is 0 Å². The molecule has 0 spiro atoms. The molecule has 13 nitrogen and oxygen atoms in total. The summed E-state index contributed by atoms with van der Waals surface area (Å²) in [5.74, 6) is -0.257. The van der Waals surface area contributed by atoms with Crippen LogP contribution in [-0.2, 0) is 41.7 Å². The summed E-state index contributed by atoms with van der Waals surface area (Å²) in [6, 6.07) is 5.76. The van der Waals surface area contributed by atoms with E-state index in [2.05, 4.69) is 0 Å². The summed E-state index contributed by atoms with van der Waals surface area (Å²) in [7, 11) is 0. The highest BCUT2D eigenvalue weighted by atomic mass is 16.7.